The van der Waals surface area contributed by atoms with Crippen LogP contribution in [0.3, 0.4) is 0 Å². The summed E-state index contributed by atoms with van der Waals surface area (Å²) in [6.07, 6.45) is 18.6. The Bertz CT molecular complexity index is 675. The Morgan fingerprint density at radius 1 is 0.964 bits per heavy atom. The molecule has 0 radical (unpaired) electrons. The maximum absolute atomic E-state index is 15.1. The van der Waals surface area contributed by atoms with Crippen LogP contribution in [0.25, 0.3) is 0 Å². The lowest BCUT2D eigenvalue weighted by Crippen LogP contribution is -2.30. The summed E-state index contributed by atoms with van der Waals surface area (Å²) in [5, 5.41) is 0. The minimum Gasteiger partial charge on any atom is -0.207 e. The van der Waals surface area contributed by atoms with E-state index in [1.165, 1.54) is 81.8 Å². The Hall–Kier alpha value is -1.11. The number of fused-ring (bicyclic) bond motifs is 2. The van der Waals surface area contributed by atoms with Gasteiger partial charge in [0.1, 0.15) is 5.82 Å². The van der Waals surface area contributed by atoms with Crippen molar-refractivity contribution >= 4 is 0 Å². The fraction of sp³-hybridized carbons (Fsp3) is 0.704. The molecule has 5 unspecified atom stereocenters. The van der Waals surface area contributed by atoms with Crippen LogP contribution in [0.15, 0.2) is 24.8 Å². The highest BCUT2D eigenvalue weighted by Gasteiger charge is 2.36. The van der Waals surface area contributed by atoms with Crippen molar-refractivity contribution in [3.63, 3.8) is 0 Å². The first-order valence-corrected chi connectivity index (χ1v) is 12.1. The summed E-state index contributed by atoms with van der Waals surface area (Å²) in [4.78, 5) is 0. The van der Waals surface area contributed by atoms with E-state index in [2.05, 4.69) is 25.6 Å². The van der Waals surface area contributed by atoms with E-state index in [1.54, 1.807) is 0 Å². The summed E-state index contributed by atoms with van der Waals surface area (Å²) in [7, 11) is 0. The van der Waals surface area contributed by atoms with Crippen LogP contribution < -0.4 is 0 Å². The predicted octanol–water partition coefficient (Wildman–Crippen LogP) is 8.00. The van der Waals surface area contributed by atoms with E-state index in [-0.39, 0.29) is 5.82 Å². The number of hydrogen-bond donors (Lipinski definition) is 0. The monoisotopic (exact) mass is 382 g/mol. The van der Waals surface area contributed by atoms with Gasteiger partial charge in [-0.05, 0) is 117 Å². The molecule has 3 aliphatic rings. The molecule has 0 saturated heterocycles. The molecule has 1 aromatic rings. The minimum absolute atomic E-state index is 0.0963. The summed E-state index contributed by atoms with van der Waals surface area (Å²) >= 11 is 0. The molecule has 5 atom stereocenters. The Labute approximate surface area is 172 Å². The highest BCUT2D eigenvalue weighted by Crippen LogP contribution is 2.49. The molecule has 3 aliphatic carbocycles. The second kappa shape index (κ2) is 9.14. The molecule has 28 heavy (non-hydrogen) atoms. The van der Waals surface area contributed by atoms with Crippen molar-refractivity contribution in [1.29, 1.82) is 0 Å². The molecule has 1 aromatic carbocycles. The number of hydrogen-bond acceptors (Lipinski definition) is 0. The standard InChI is InChI=1S/C27H39F/c1-3-5-7-20-9-10-22-16-24(13-12-21(22)14-20)26-17-23-11-8-19(6-4-2)15-25(23)18-27(26)28/h3,17-22,24H,1,4-16H2,2H3. The topological polar surface area (TPSA) is 0 Å². The SMILES string of the molecule is C=CCCC1CCC2CC(c3cc4c(cc3F)CC(CCC)CC4)CCC2C1. The second-order valence-corrected chi connectivity index (χ2v) is 10.1. The normalized spacial score (nSPS) is 32.4. The average molecular weight is 383 g/mol. The Morgan fingerprint density at radius 2 is 1.79 bits per heavy atom. The van der Waals surface area contributed by atoms with Gasteiger partial charge in [0.15, 0.2) is 0 Å². The molecule has 2 saturated carbocycles. The summed E-state index contributed by atoms with van der Waals surface area (Å²) < 4.78 is 15.1. The highest BCUT2D eigenvalue weighted by atomic mass is 19.1. The van der Waals surface area contributed by atoms with E-state index in [1.807, 2.05) is 6.07 Å². The molecule has 0 bridgehead atoms. The van der Waals surface area contributed by atoms with E-state index in [9.17, 15) is 0 Å². The maximum atomic E-state index is 15.1. The van der Waals surface area contributed by atoms with Crippen molar-refractivity contribution in [1.82, 2.24) is 0 Å². The minimum atomic E-state index is 0.0963. The van der Waals surface area contributed by atoms with Gasteiger partial charge in [-0.1, -0.05) is 38.3 Å². The molecule has 0 aromatic heterocycles. The van der Waals surface area contributed by atoms with Gasteiger partial charge in [0.05, 0.1) is 0 Å². The van der Waals surface area contributed by atoms with E-state index >= 15 is 4.39 Å². The van der Waals surface area contributed by atoms with Crippen LogP contribution in [0.4, 0.5) is 4.39 Å². The number of aryl methyl sites for hydroxylation is 1. The van der Waals surface area contributed by atoms with E-state index in [4.69, 9.17) is 0 Å². The molecule has 4 rings (SSSR count). The van der Waals surface area contributed by atoms with Gasteiger partial charge in [0.25, 0.3) is 0 Å². The van der Waals surface area contributed by atoms with Gasteiger partial charge in [-0.3, -0.25) is 0 Å². The van der Waals surface area contributed by atoms with Crippen LogP contribution in [-0.4, -0.2) is 0 Å². The quantitative estimate of drug-likeness (QED) is 0.437. The van der Waals surface area contributed by atoms with Gasteiger partial charge in [-0.15, -0.1) is 6.58 Å². The lowest BCUT2D eigenvalue weighted by atomic mass is 9.63. The molecule has 2 fully saturated rings. The largest absolute Gasteiger partial charge is 0.207 e. The molecule has 0 nitrogen and oxygen atoms in total. The van der Waals surface area contributed by atoms with Crippen LogP contribution in [0.5, 0.6) is 0 Å². The van der Waals surface area contributed by atoms with Gasteiger partial charge in [0.2, 0.25) is 0 Å². The summed E-state index contributed by atoms with van der Waals surface area (Å²) in [6.45, 7) is 6.15. The summed E-state index contributed by atoms with van der Waals surface area (Å²) in [5.41, 5.74) is 3.82. The molecular weight excluding hydrogens is 343 g/mol. The Kier molecular flexibility index (Phi) is 6.59. The van der Waals surface area contributed by atoms with Crippen molar-refractivity contribution < 1.29 is 4.39 Å². The second-order valence-electron chi connectivity index (χ2n) is 10.1. The summed E-state index contributed by atoms with van der Waals surface area (Å²) in [5.74, 6) is 3.98. The fourth-order valence-corrected chi connectivity index (χ4v) is 6.73. The van der Waals surface area contributed by atoms with Gasteiger partial charge >= 0.3 is 0 Å². The molecule has 0 amide bonds. The first kappa shape index (κ1) is 20.2. The van der Waals surface area contributed by atoms with Crippen LogP contribution in [0.1, 0.15) is 100 Å². The van der Waals surface area contributed by atoms with Crippen LogP contribution in [0, 0.1) is 29.5 Å². The lowest BCUT2D eigenvalue weighted by Gasteiger charge is -2.42. The highest BCUT2D eigenvalue weighted by molar-refractivity contribution is 5.37. The maximum Gasteiger partial charge on any atom is 0.126 e. The molecule has 1 heteroatoms. The fourth-order valence-electron chi connectivity index (χ4n) is 6.73. The molecular formula is C27H39F. The zero-order valence-corrected chi connectivity index (χ0v) is 17.9. The average Bonchev–Trinajstić information content (AvgIpc) is 2.71. The Morgan fingerprint density at radius 3 is 2.61 bits per heavy atom. The van der Waals surface area contributed by atoms with Gasteiger partial charge in [-0.25, -0.2) is 4.39 Å². The first-order valence-electron chi connectivity index (χ1n) is 12.1. The van der Waals surface area contributed by atoms with Crippen molar-refractivity contribution in [2.75, 3.05) is 0 Å². The number of allylic oxidation sites excluding steroid dienone is 1. The number of rotatable bonds is 6. The van der Waals surface area contributed by atoms with E-state index in [0.717, 1.165) is 42.1 Å². The molecule has 0 spiro atoms. The van der Waals surface area contributed by atoms with E-state index < -0.39 is 0 Å². The van der Waals surface area contributed by atoms with Crippen molar-refractivity contribution in [2.45, 2.75) is 96.3 Å². The summed E-state index contributed by atoms with van der Waals surface area (Å²) in [6, 6.07) is 4.21. The molecule has 154 valence electrons. The van der Waals surface area contributed by atoms with Crippen LogP contribution in [0.2, 0.25) is 0 Å². The van der Waals surface area contributed by atoms with Crippen LogP contribution >= 0.6 is 0 Å². The van der Waals surface area contributed by atoms with Crippen molar-refractivity contribution in [3.8, 4) is 0 Å². The lowest BCUT2D eigenvalue weighted by molar-refractivity contribution is 0.114. The third-order valence-corrected chi connectivity index (χ3v) is 8.29. The zero-order chi connectivity index (χ0) is 19.5. The van der Waals surface area contributed by atoms with Gasteiger partial charge in [0, 0.05) is 0 Å². The number of halogens is 1. The predicted molar refractivity (Wildman–Crippen MR) is 117 cm³/mol. The number of benzene rings is 1. The third kappa shape index (κ3) is 4.39. The molecule has 0 aliphatic heterocycles. The van der Waals surface area contributed by atoms with Crippen molar-refractivity contribution in [3.05, 3.63) is 47.3 Å². The first-order chi connectivity index (χ1) is 13.7. The van der Waals surface area contributed by atoms with E-state index in [0.29, 0.717) is 5.92 Å². The van der Waals surface area contributed by atoms with Crippen molar-refractivity contribution in [2.24, 2.45) is 23.7 Å². The van der Waals surface area contributed by atoms with Crippen LogP contribution in [-0.2, 0) is 12.8 Å². The smallest absolute Gasteiger partial charge is 0.126 e. The molecule has 0 N–H and O–H groups in total. The third-order valence-electron chi connectivity index (χ3n) is 8.29. The molecule has 0 heterocycles. The van der Waals surface area contributed by atoms with Gasteiger partial charge < -0.3 is 0 Å². The Balaban J connectivity index is 1.42. The zero-order valence-electron chi connectivity index (χ0n) is 17.9. The van der Waals surface area contributed by atoms with Gasteiger partial charge in [-0.2, -0.15) is 0 Å².